The van der Waals surface area contributed by atoms with Gasteiger partial charge >= 0.3 is 6.03 Å². The number of carbonyl (C=O) groups is 2. The molecule has 194 valence electrons. The molecule has 2 N–H and O–H groups in total. The summed E-state index contributed by atoms with van der Waals surface area (Å²) >= 11 is 0. The van der Waals surface area contributed by atoms with Crippen LogP contribution in [0.25, 0.3) is 0 Å². The second-order valence-corrected chi connectivity index (χ2v) is 11.0. The Morgan fingerprint density at radius 2 is 1.75 bits per heavy atom. The van der Waals surface area contributed by atoms with E-state index in [1.807, 2.05) is 7.05 Å². The fraction of sp³-hybridized carbons (Fsp3) is 0.417. The van der Waals surface area contributed by atoms with Gasteiger partial charge in [0, 0.05) is 48.1 Å². The van der Waals surface area contributed by atoms with Gasteiger partial charge in [0.1, 0.15) is 11.5 Å². The molecule has 0 atom stereocenters. The van der Waals surface area contributed by atoms with Crippen LogP contribution in [0.5, 0.6) is 0 Å². The van der Waals surface area contributed by atoms with Gasteiger partial charge in [0.05, 0.1) is 6.54 Å². The first kappa shape index (κ1) is 24.0. The van der Waals surface area contributed by atoms with E-state index in [-0.39, 0.29) is 15.1 Å². The number of fused-ring (bicyclic) bond motifs is 2. The molecule has 3 aromatic rings. The number of nitrogens with zero attached hydrogens (tertiary/aromatic N) is 5. The quantitative estimate of drug-likeness (QED) is 0.518. The summed E-state index contributed by atoms with van der Waals surface area (Å²) < 4.78 is 31.0. The molecule has 0 fully saturated rings. The van der Waals surface area contributed by atoms with E-state index in [4.69, 9.17) is 0 Å². The number of hydrogen-bond donors (Lipinski definition) is 2. The van der Waals surface area contributed by atoms with E-state index in [2.05, 4.69) is 26.2 Å². The van der Waals surface area contributed by atoms with E-state index < -0.39 is 27.0 Å². The SMILES string of the molecule is CN(Cc1nccn1C)C(=O)c1cc(S(=O)(=O)NC(=O)Nc2c3c(cc4c2CCC4)CCC3)nn1C.[HH].[HH]. The van der Waals surface area contributed by atoms with Crippen LogP contribution in [0.3, 0.4) is 0 Å². The molecule has 12 heteroatoms. The van der Waals surface area contributed by atoms with Crippen molar-refractivity contribution in [3.63, 3.8) is 0 Å². The highest BCUT2D eigenvalue weighted by atomic mass is 32.2. The Balaban J connectivity index is 0.00000200. The molecule has 3 amide bonds. The summed E-state index contributed by atoms with van der Waals surface area (Å²) in [6.07, 6.45) is 9.12. The molecule has 0 aliphatic heterocycles. The maximum atomic E-state index is 13.0. The van der Waals surface area contributed by atoms with Crippen molar-refractivity contribution in [2.75, 3.05) is 12.4 Å². The second-order valence-electron chi connectivity index (χ2n) is 9.40. The Bertz CT molecular complexity index is 1450. The summed E-state index contributed by atoms with van der Waals surface area (Å²) in [4.78, 5) is 31.4. The van der Waals surface area contributed by atoms with Crippen molar-refractivity contribution >= 4 is 27.6 Å². The molecule has 0 saturated heterocycles. The van der Waals surface area contributed by atoms with Crippen molar-refractivity contribution in [3.05, 3.63) is 58.3 Å². The summed E-state index contributed by atoms with van der Waals surface area (Å²) in [5, 5.41) is 6.40. The highest BCUT2D eigenvalue weighted by Gasteiger charge is 2.29. The minimum absolute atomic E-state index is 0. The molecular weight excluding hydrogens is 482 g/mol. The van der Waals surface area contributed by atoms with Gasteiger partial charge in [-0.15, -0.1) is 0 Å². The summed E-state index contributed by atoms with van der Waals surface area (Å²) in [6, 6.07) is 2.57. The maximum absolute atomic E-state index is 13.0. The van der Waals surface area contributed by atoms with Crippen molar-refractivity contribution in [2.24, 2.45) is 14.1 Å². The number of aryl methyl sites for hydroxylation is 4. The first-order chi connectivity index (χ1) is 17.1. The lowest BCUT2D eigenvalue weighted by molar-refractivity contribution is 0.0769. The maximum Gasteiger partial charge on any atom is 0.333 e. The van der Waals surface area contributed by atoms with Crippen LogP contribution in [0.2, 0.25) is 0 Å². The zero-order valence-electron chi connectivity index (χ0n) is 20.5. The van der Waals surface area contributed by atoms with Gasteiger partial charge in [0.25, 0.3) is 15.9 Å². The molecule has 2 aliphatic carbocycles. The Morgan fingerprint density at radius 1 is 1.08 bits per heavy atom. The number of amides is 3. The molecule has 2 aliphatic rings. The smallest absolute Gasteiger partial charge is 0.333 e. The van der Waals surface area contributed by atoms with Crippen LogP contribution in [-0.2, 0) is 56.3 Å². The molecule has 0 saturated carbocycles. The monoisotopic (exact) mass is 515 g/mol. The molecule has 5 rings (SSSR count). The Morgan fingerprint density at radius 3 is 2.36 bits per heavy atom. The molecule has 36 heavy (non-hydrogen) atoms. The minimum atomic E-state index is -4.31. The number of rotatable bonds is 6. The van der Waals surface area contributed by atoms with E-state index in [1.165, 1.54) is 33.8 Å². The van der Waals surface area contributed by atoms with Crippen LogP contribution < -0.4 is 10.0 Å². The third kappa shape index (κ3) is 4.36. The van der Waals surface area contributed by atoms with E-state index in [9.17, 15) is 18.0 Å². The highest BCUT2D eigenvalue weighted by Crippen LogP contribution is 2.38. The predicted molar refractivity (Wildman–Crippen MR) is 136 cm³/mol. The van der Waals surface area contributed by atoms with Gasteiger partial charge in [-0.25, -0.2) is 14.5 Å². The zero-order chi connectivity index (χ0) is 25.6. The van der Waals surface area contributed by atoms with Crippen molar-refractivity contribution in [1.82, 2.24) is 29.0 Å². The predicted octanol–water partition coefficient (Wildman–Crippen LogP) is 2.41. The van der Waals surface area contributed by atoms with E-state index in [0.717, 1.165) is 55.3 Å². The lowest BCUT2D eigenvalue weighted by Crippen LogP contribution is -2.35. The first-order valence-corrected chi connectivity index (χ1v) is 13.4. The molecule has 2 aromatic heterocycles. The number of aromatic nitrogens is 4. The largest absolute Gasteiger partial charge is 0.337 e. The van der Waals surface area contributed by atoms with Gasteiger partial charge in [-0.1, -0.05) is 6.07 Å². The zero-order valence-corrected chi connectivity index (χ0v) is 21.4. The summed E-state index contributed by atoms with van der Waals surface area (Å²) in [5.41, 5.74) is 5.49. The molecule has 0 bridgehead atoms. The first-order valence-electron chi connectivity index (χ1n) is 11.9. The molecule has 2 heterocycles. The number of sulfonamides is 1. The van der Waals surface area contributed by atoms with Crippen LogP contribution >= 0.6 is 0 Å². The van der Waals surface area contributed by atoms with Gasteiger partial charge < -0.3 is 14.8 Å². The lowest BCUT2D eigenvalue weighted by atomic mass is 9.99. The number of urea groups is 1. The molecular formula is C24H33N7O4S. The number of hydrogen-bond acceptors (Lipinski definition) is 6. The molecule has 1 aromatic carbocycles. The Kier molecular flexibility index (Phi) is 6.07. The van der Waals surface area contributed by atoms with E-state index >= 15 is 0 Å². The van der Waals surface area contributed by atoms with Crippen LogP contribution in [0.4, 0.5) is 10.5 Å². The molecule has 0 unspecified atom stereocenters. The third-order valence-electron chi connectivity index (χ3n) is 6.94. The molecule has 0 spiro atoms. The summed E-state index contributed by atoms with van der Waals surface area (Å²) in [7, 11) is 0.599. The average Bonchev–Trinajstić information content (AvgIpc) is 3.61. The van der Waals surface area contributed by atoms with Crippen molar-refractivity contribution < 1.29 is 20.9 Å². The van der Waals surface area contributed by atoms with Crippen molar-refractivity contribution in [1.29, 1.82) is 0 Å². The van der Waals surface area contributed by atoms with Crippen LogP contribution in [0, 0.1) is 0 Å². The summed E-state index contributed by atoms with van der Waals surface area (Å²) in [6.45, 7) is 0.238. The van der Waals surface area contributed by atoms with Gasteiger partial charge in [-0.2, -0.15) is 13.5 Å². The van der Waals surface area contributed by atoms with Crippen LogP contribution in [0.1, 0.15) is 54.3 Å². The number of imidazole rings is 1. The second kappa shape index (κ2) is 9.08. The average molecular weight is 516 g/mol. The normalized spacial score (nSPS) is 14.4. The fourth-order valence-corrected chi connectivity index (χ4v) is 5.98. The fourth-order valence-electron chi connectivity index (χ4n) is 5.08. The summed E-state index contributed by atoms with van der Waals surface area (Å²) in [5.74, 6) is 0.257. The van der Waals surface area contributed by atoms with Crippen LogP contribution in [0.15, 0.2) is 29.6 Å². The number of carbonyl (C=O) groups excluding carboxylic acids is 2. The van der Waals surface area contributed by atoms with E-state index in [1.54, 1.807) is 24.0 Å². The Labute approximate surface area is 212 Å². The number of benzene rings is 1. The van der Waals surface area contributed by atoms with Gasteiger partial charge in [0.15, 0.2) is 5.03 Å². The van der Waals surface area contributed by atoms with Crippen molar-refractivity contribution in [3.8, 4) is 0 Å². The minimum Gasteiger partial charge on any atom is -0.337 e. The van der Waals surface area contributed by atoms with Gasteiger partial charge in [0.2, 0.25) is 0 Å². The van der Waals surface area contributed by atoms with E-state index in [0.29, 0.717) is 5.82 Å². The Hall–Kier alpha value is -3.67. The van der Waals surface area contributed by atoms with Gasteiger partial charge in [-0.05, 0) is 60.8 Å². The standard InChI is InChI=1S/C24H29N7O4S.2H2/c1-29-11-10-25-20(29)14-30(2)23(32)19-13-21(27-31(19)3)36(34,35)28-24(33)26-22-17-8-4-6-15(17)12-16-7-5-9-18(16)22;;/h10-13H,4-9,14H2,1-3H3,(H2,26,28,33);2*1H. The molecule has 11 nitrogen and oxygen atoms in total. The lowest BCUT2D eigenvalue weighted by Gasteiger charge is -2.16. The highest BCUT2D eigenvalue weighted by molar-refractivity contribution is 7.90. The van der Waals surface area contributed by atoms with Crippen LogP contribution in [-0.4, -0.2) is 51.6 Å². The number of anilines is 1. The van der Waals surface area contributed by atoms with Gasteiger partial charge in [-0.3, -0.25) is 9.48 Å². The van der Waals surface area contributed by atoms with Crippen molar-refractivity contribution in [2.45, 2.75) is 50.1 Å². The third-order valence-corrected chi connectivity index (χ3v) is 8.14. The topological polar surface area (TPSA) is 131 Å². The molecule has 0 radical (unpaired) electrons. The number of nitrogens with one attached hydrogen (secondary N) is 2.